The predicted molar refractivity (Wildman–Crippen MR) is 125 cm³/mol. The molecule has 4 amide bonds. The van der Waals surface area contributed by atoms with Crippen LogP contribution in [0.15, 0.2) is 72.9 Å². The van der Waals surface area contributed by atoms with Crippen molar-refractivity contribution >= 4 is 29.3 Å². The summed E-state index contributed by atoms with van der Waals surface area (Å²) in [6.45, 7) is 0.479. The Bertz CT molecular complexity index is 1400. The molecule has 8 heteroatoms. The Hall–Kier alpha value is -4.46. The van der Waals surface area contributed by atoms with Gasteiger partial charge in [0.25, 0.3) is 5.91 Å². The normalized spacial score (nSPS) is 13.6. The Balaban J connectivity index is 1.39. The lowest BCUT2D eigenvalue weighted by Crippen LogP contribution is -2.42. The third-order valence-corrected chi connectivity index (χ3v) is 6.05. The second-order valence-corrected chi connectivity index (χ2v) is 8.18. The number of halogens is 1. The lowest BCUT2D eigenvalue weighted by atomic mass is 9.99. The van der Waals surface area contributed by atoms with E-state index in [1.165, 1.54) is 12.1 Å². The van der Waals surface area contributed by atoms with E-state index in [-0.39, 0.29) is 12.5 Å². The summed E-state index contributed by atoms with van der Waals surface area (Å²) in [5.74, 6) is -0.768. The number of carbonyl (C=O) groups is 3. The highest BCUT2D eigenvalue weighted by atomic mass is 19.1. The fourth-order valence-corrected chi connectivity index (χ4v) is 4.33. The number of hydrogen-bond donors (Lipinski definition) is 3. The first-order valence-corrected chi connectivity index (χ1v) is 10.8. The summed E-state index contributed by atoms with van der Waals surface area (Å²) in [7, 11) is 0. The molecule has 0 fully saturated rings. The van der Waals surface area contributed by atoms with Gasteiger partial charge in [-0.1, -0.05) is 36.4 Å². The molecule has 170 valence electrons. The molecule has 0 unspecified atom stereocenters. The molecule has 7 nitrogen and oxygen atoms in total. The quantitative estimate of drug-likeness (QED) is 0.381. The first-order chi connectivity index (χ1) is 16.5. The van der Waals surface area contributed by atoms with Gasteiger partial charge in [-0.25, -0.2) is 9.18 Å². The largest absolute Gasteiger partial charge is 0.361 e. The first kappa shape index (κ1) is 21.4. The fraction of sp³-hybridized carbons (Fsp3) is 0.115. The number of nitrogens with one attached hydrogen (secondary N) is 3. The van der Waals surface area contributed by atoms with Gasteiger partial charge in [0.2, 0.25) is 6.41 Å². The summed E-state index contributed by atoms with van der Waals surface area (Å²) in [5, 5.41) is 5.92. The highest BCUT2D eigenvalue weighted by Gasteiger charge is 2.30. The molecule has 0 radical (unpaired) electrons. The van der Waals surface area contributed by atoms with Crippen molar-refractivity contribution in [1.29, 1.82) is 0 Å². The van der Waals surface area contributed by atoms with Gasteiger partial charge >= 0.3 is 6.03 Å². The van der Waals surface area contributed by atoms with Crippen LogP contribution in [0, 0.1) is 5.82 Å². The Morgan fingerprint density at radius 3 is 2.65 bits per heavy atom. The summed E-state index contributed by atoms with van der Waals surface area (Å²) in [6, 6.07) is 18.7. The molecule has 5 rings (SSSR count). The van der Waals surface area contributed by atoms with Crippen LogP contribution in [0.3, 0.4) is 0 Å². The molecule has 2 heterocycles. The molecule has 0 spiro atoms. The van der Waals surface area contributed by atoms with E-state index < -0.39 is 17.9 Å². The molecule has 0 aliphatic carbocycles. The second-order valence-electron chi connectivity index (χ2n) is 8.18. The Kier molecular flexibility index (Phi) is 5.55. The van der Waals surface area contributed by atoms with Gasteiger partial charge in [0, 0.05) is 30.4 Å². The number of urea groups is 1. The van der Waals surface area contributed by atoms with Crippen LogP contribution in [-0.2, 0) is 11.3 Å². The van der Waals surface area contributed by atoms with Crippen LogP contribution in [0.4, 0.5) is 9.18 Å². The van der Waals surface area contributed by atoms with Gasteiger partial charge in [-0.3, -0.25) is 14.9 Å². The number of rotatable bonds is 6. The van der Waals surface area contributed by atoms with E-state index in [4.69, 9.17) is 0 Å². The van der Waals surface area contributed by atoms with Gasteiger partial charge in [0.15, 0.2) is 0 Å². The summed E-state index contributed by atoms with van der Waals surface area (Å²) in [5.41, 5.74) is 4.94. The van der Waals surface area contributed by atoms with E-state index in [1.807, 2.05) is 48.7 Å². The van der Waals surface area contributed by atoms with Crippen molar-refractivity contribution in [1.82, 2.24) is 20.5 Å². The minimum absolute atomic E-state index is 0.163. The number of benzene rings is 3. The summed E-state index contributed by atoms with van der Waals surface area (Å²) < 4.78 is 13.6. The Labute approximate surface area is 194 Å². The number of imide groups is 1. The molecule has 1 aliphatic heterocycles. The molecule has 3 aromatic carbocycles. The number of aromatic amines is 1. The van der Waals surface area contributed by atoms with Gasteiger partial charge in [0.05, 0.1) is 6.04 Å². The standard InChI is InChI=1S/C26H21FN4O3/c27-21-7-5-20-13-31(25(33)22(20)12-21)14-24(30-26(34)29-15-32)17-3-1-16(2-4-17)18-6-8-23-19(11-18)9-10-28-23/h1-12,15,24,28H,13-14H2,(H2,29,30,32,34)/t24-/m0/s1. The van der Waals surface area contributed by atoms with E-state index in [0.717, 1.165) is 33.2 Å². The van der Waals surface area contributed by atoms with Crippen molar-refractivity contribution in [2.24, 2.45) is 0 Å². The highest BCUT2D eigenvalue weighted by molar-refractivity contribution is 5.98. The van der Waals surface area contributed by atoms with Crippen LogP contribution in [0.25, 0.3) is 22.0 Å². The molecular formula is C26H21FN4O3. The van der Waals surface area contributed by atoms with Crippen LogP contribution in [-0.4, -0.2) is 34.8 Å². The Morgan fingerprint density at radius 2 is 1.85 bits per heavy atom. The molecule has 0 saturated heterocycles. The zero-order chi connectivity index (χ0) is 23.7. The average molecular weight is 456 g/mol. The lowest BCUT2D eigenvalue weighted by Gasteiger charge is -2.25. The van der Waals surface area contributed by atoms with Gasteiger partial charge in [0.1, 0.15) is 5.82 Å². The van der Waals surface area contributed by atoms with Crippen LogP contribution in [0.5, 0.6) is 0 Å². The molecule has 1 aromatic heterocycles. The van der Waals surface area contributed by atoms with Crippen molar-refractivity contribution in [3.63, 3.8) is 0 Å². The maximum atomic E-state index is 13.6. The van der Waals surface area contributed by atoms with Crippen molar-refractivity contribution in [3.05, 3.63) is 95.4 Å². The zero-order valence-electron chi connectivity index (χ0n) is 18.0. The Morgan fingerprint density at radius 1 is 1.06 bits per heavy atom. The third kappa shape index (κ3) is 4.13. The minimum Gasteiger partial charge on any atom is -0.361 e. The van der Waals surface area contributed by atoms with E-state index in [9.17, 15) is 18.8 Å². The minimum atomic E-state index is -0.669. The lowest BCUT2D eigenvalue weighted by molar-refractivity contribution is -0.108. The van der Waals surface area contributed by atoms with Gasteiger partial charge in [-0.15, -0.1) is 0 Å². The number of fused-ring (bicyclic) bond motifs is 2. The number of nitrogens with zero attached hydrogens (tertiary/aromatic N) is 1. The van der Waals surface area contributed by atoms with E-state index in [1.54, 1.807) is 11.0 Å². The van der Waals surface area contributed by atoms with Crippen LogP contribution in [0.1, 0.15) is 27.5 Å². The van der Waals surface area contributed by atoms with Crippen molar-refractivity contribution in [2.75, 3.05) is 6.54 Å². The number of H-pyrrole nitrogens is 1. The molecule has 0 saturated carbocycles. The monoisotopic (exact) mass is 456 g/mol. The van der Waals surface area contributed by atoms with E-state index in [2.05, 4.69) is 21.7 Å². The third-order valence-electron chi connectivity index (χ3n) is 6.05. The van der Waals surface area contributed by atoms with Crippen molar-refractivity contribution in [2.45, 2.75) is 12.6 Å². The molecule has 4 aromatic rings. The van der Waals surface area contributed by atoms with Crippen LogP contribution < -0.4 is 10.6 Å². The molecule has 1 aliphatic rings. The van der Waals surface area contributed by atoms with Gasteiger partial charge in [-0.2, -0.15) is 0 Å². The first-order valence-electron chi connectivity index (χ1n) is 10.8. The predicted octanol–water partition coefficient (Wildman–Crippen LogP) is 4.13. The van der Waals surface area contributed by atoms with Crippen LogP contribution in [0.2, 0.25) is 0 Å². The average Bonchev–Trinajstić information content (AvgIpc) is 3.43. The summed E-state index contributed by atoms with van der Waals surface area (Å²) >= 11 is 0. The SMILES string of the molecule is O=CNC(=O)N[C@@H](CN1Cc2ccc(F)cc2C1=O)c1ccc(-c2ccc3[nH]ccc3c2)cc1. The maximum absolute atomic E-state index is 13.6. The number of hydrogen-bond acceptors (Lipinski definition) is 3. The fourth-order valence-electron chi connectivity index (χ4n) is 4.33. The molecule has 34 heavy (non-hydrogen) atoms. The van der Waals surface area contributed by atoms with E-state index >= 15 is 0 Å². The molecule has 1 atom stereocenters. The maximum Gasteiger partial charge on any atom is 0.321 e. The molecule has 0 bridgehead atoms. The van der Waals surface area contributed by atoms with Crippen molar-refractivity contribution in [3.8, 4) is 11.1 Å². The smallest absolute Gasteiger partial charge is 0.321 e. The number of carbonyl (C=O) groups excluding carboxylic acids is 3. The van der Waals surface area contributed by atoms with Gasteiger partial charge in [-0.05, 0) is 58.0 Å². The second kappa shape index (κ2) is 8.82. The van der Waals surface area contributed by atoms with Gasteiger partial charge < -0.3 is 15.2 Å². The summed E-state index contributed by atoms with van der Waals surface area (Å²) in [6.07, 6.45) is 2.19. The number of aromatic nitrogens is 1. The molecular weight excluding hydrogens is 435 g/mol. The highest BCUT2D eigenvalue weighted by Crippen LogP contribution is 2.28. The molecule has 3 N–H and O–H groups in total. The summed E-state index contributed by atoms with van der Waals surface area (Å²) in [4.78, 5) is 40.4. The topological polar surface area (TPSA) is 94.3 Å². The number of amides is 4. The van der Waals surface area contributed by atoms with E-state index in [0.29, 0.717) is 18.5 Å². The zero-order valence-corrected chi connectivity index (χ0v) is 18.0. The van der Waals surface area contributed by atoms with Crippen molar-refractivity contribution < 1.29 is 18.8 Å². The van der Waals surface area contributed by atoms with Crippen LogP contribution >= 0.6 is 0 Å².